The Morgan fingerprint density at radius 1 is 1.00 bits per heavy atom. The highest BCUT2D eigenvalue weighted by atomic mass is 16.5. The van der Waals surface area contributed by atoms with Gasteiger partial charge in [-0.25, -0.2) is 0 Å². The van der Waals surface area contributed by atoms with Crippen LogP contribution < -0.4 is 10.6 Å². The fraction of sp³-hybridized carbons (Fsp3) is 0.650. The number of methoxy groups -OCH3 is 1. The van der Waals surface area contributed by atoms with E-state index in [2.05, 4.69) is 53.7 Å². The molecule has 1 aromatic rings. The van der Waals surface area contributed by atoms with E-state index in [1.54, 1.807) is 7.11 Å². The second-order valence-corrected chi connectivity index (χ2v) is 6.48. The molecule has 0 saturated carbocycles. The summed E-state index contributed by atoms with van der Waals surface area (Å²) in [6.45, 7) is 7.21. The molecule has 0 fully saturated rings. The van der Waals surface area contributed by atoms with Gasteiger partial charge >= 0.3 is 0 Å². The van der Waals surface area contributed by atoms with E-state index in [1.807, 2.05) is 7.05 Å². The molecule has 2 N–H and O–H groups in total. The third kappa shape index (κ3) is 8.92. The first-order valence-corrected chi connectivity index (χ1v) is 9.19. The molecule has 0 unspecified atom stereocenters. The van der Waals surface area contributed by atoms with Gasteiger partial charge in [-0.05, 0) is 49.1 Å². The molecule has 0 aliphatic carbocycles. The summed E-state index contributed by atoms with van der Waals surface area (Å²) in [5.74, 6) is 1.50. The van der Waals surface area contributed by atoms with E-state index in [0.717, 1.165) is 51.3 Å². The summed E-state index contributed by atoms with van der Waals surface area (Å²) in [7, 11) is 3.58. The zero-order valence-electron chi connectivity index (χ0n) is 15.9. The van der Waals surface area contributed by atoms with Gasteiger partial charge < -0.3 is 15.4 Å². The minimum atomic E-state index is 0.601. The van der Waals surface area contributed by atoms with Gasteiger partial charge in [0.15, 0.2) is 5.96 Å². The van der Waals surface area contributed by atoms with Crippen LogP contribution in [-0.4, -0.2) is 39.8 Å². The number of benzene rings is 1. The van der Waals surface area contributed by atoms with Crippen molar-refractivity contribution in [1.29, 1.82) is 0 Å². The molecule has 136 valence electrons. The molecule has 0 saturated heterocycles. The van der Waals surface area contributed by atoms with Crippen molar-refractivity contribution in [2.45, 2.75) is 51.9 Å². The van der Waals surface area contributed by atoms with Gasteiger partial charge in [0.25, 0.3) is 0 Å². The van der Waals surface area contributed by atoms with E-state index in [0.29, 0.717) is 5.92 Å². The Balaban J connectivity index is 2.13. The fourth-order valence-corrected chi connectivity index (χ4v) is 2.54. The third-order valence-electron chi connectivity index (χ3n) is 4.12. The number of hydrogen-bond acceptors (Lipinski definition) is 2. The van der Waals surface area contributed by atoms with Crippen molar-refractivity contribution in [3.63, 3.8) is 0 Å². The maximum Gasteiger partial charge on any atom is 0.190 e. The smallest absolute Gasteiger partial charge is 0.190 e. The van der Waals surface area contributed by atoms with E-state index < -0.39 is 0 Å². The van der Waals surface area contributed by atoms with Crippen LogP contribution in [0.2, 0.25) is 0 Å². The van der Waals surface area contributed by atoms with Crippen molar-refractivity contribution in [3.05, 3.63) is 35.4 Å². The maximum atomic E-state index is 5.05. The normalized spacial score (nSPS) is 11.8. The molecule has 0 radical (unpaired) electrons. The average Bonchev–Trinajstić information content (AvgIpc) is 2.60. The number of rotatable bonds is 11. The minimum Gasteiger partial charge on any atom is -0.385 e. The fourth-order valence-electron chi connectivity index (χ4n) is 2.54. The van der Waals surface area contributed by atoms with Crippen molar-refractivity contribution >= 4 is 5.96 Å². The molecule has 0 atom stereocenters. The molecule has 0 heterocycles. The maximum absolute atomic E-state index is 5.05. The Kier molecular flexibility index (Phi) is 10.9. The van der Waals surface area contributed by atoms with Crippen LogP contribution in [0.1, 0.15) is 56.6 Å². The molecule has 0 amide bonds. The average molecular weight is 334 g/mol. The lowest BCUT2D eigenvalue weighted by atomic mass is 10.0. The first-order chi connectivity index (χ1) is 11.7. The largest absolute Gasteiger partial charge is 0.385 e. The van der Waals surface area contributed by atoms with Crippen molar-refractivity contribution in [1.82, 2.24) is 10.6 Å². The molecule has 0 aliphatic rings. The number of guanidine groups is 1. The number of unbranched alkanes of at least 4 members (excludes halogenated alkanes) is 2. The summed E-state index contributed by atoms with van der Waals surface area (Å²) in [6.07, 6.45) is 5.66. The summed E-state index contributed by atoms with van der Waals surface area (Å²) in [5.41, 5.74) is 2.81. The van der Waals surface area contributed by atoms with Crippen molar-refractivity contribution in [2.75, 3.05) is 33.9 Å². The third-order valence-corrected chi connectivity index (χ3v) is 4.12. The van der Waals surface area contributed by atoms with Gasteiger partial charge in [-0.1, -0.05) is 38.1 Å². The highest BCUT2D eigenvalue weighted by molar-refractivity contribution is 5.79. The zero-order chi connectivity index (χ0) is 17.6. The quantitative estimate of drug-likeness (QED) is 0.368. The van der Waals surface area contributed by atoms with Crippen LogP contribution in [-0.2, 0) is 11.2 Å². The predicted molar refractivity (Wildman–Crippen MR) is 104 cm³/mol. The number of aryl methyl sites for hydroxylation is 1. The van der Waals surface area contributed by atoms with E-state index in [4.69, 9.17) is 4.74 Å². The monoisotopic (exact) mass is 333 g/mol. The highest BCUT2D eigenvalue weighted by Crippen LogP contribution is 2.15. The van der Waals surface area contributed by atoms with Crippen molar-refractivity contribution in [2.24, 2.45) is 4.99 Å². The van der Waals surface area contributed by atoms with Crippen LogP contribution >= 0.6 is 0 Å². The topological polar surface area (TPSA) is 45.7 Å². The summed E-state index contributed by atoms with van der Waals surface area (Å²) >= 11 is 0. The van der Waals surface area contributed by atoms with Gasteiger partial charge in [-0.15, -0.1) is 0 Å². The lowest BCUT2D eigenvalue weighted by Gasteiger charge is -2.12. The summed E-state index contributed by atoms with van der Waals surface area (Å²) in [4.78, 5) is 4.27. The molecule has 1 rings (SSSR count). The Bertz CT molecular complexity index is 454. The zero-order valence-corrected chi connectivity index (χ0v) is 15.9. The van der Waals surface area contributed by atoms with Gasteiger partial charge in [0.1, 0.15) is 0 Å². The van der Waals surface area contributed by atoms with Gasteiger partial charge in [0.05, 0.1) is 0 Å². The van der Waals surface area contributed by atoms with Crippen molar-refractivity contribution < 1.29 is 4.74 Å². The Morgan fingerprint density at radius 3 is 2.25 bits per heavy atom. The van der Waals surface area contributed by atoms with Crippen LogP contribution in [0.25, 0.3) is 0 Å². The van der Waals surface area contributed by atoms with Crippen molar-refractivity contribution in [3.8, 4) is 0 Å². The molecule has 1 aromatic carbocycles. The van der Waals surface area contributed by atoms with Gasteiger partial charge in [-0.2, -0.15) is 0 Å². The van der Waals surface area contributed by atoms with Crippen LogP contribution in [0.5, 0.6) is 0 Å². The molecule has 0 aliphatic heterocycles. The van der Waals surface area contributed by atoms with Gasteiger partial charge in [0.2, 0.25) is 0 Å². The van der Waals surface area contributed by atoms with E-state index in [-0.39, 0.29) is 0 Å². The molecular weight excluding hydrogens is 298 g/mol. The van der Waals surface area contributed by atoms with E-state index in [9.17, 15) is 0 Å². The number of aliphatic imine (C=N–C) groups is 1. The predicted octanol–water partition coefficient (Wildman–Crippen LogP) is 3.72. The Labute approximate surface area is 148 Å². The lowest BCUT2D eigenvalue weighted by molar-refractivity contribution is 0.192. The highest BCUT2D eigenvalue weighted by Gasteiger charge is 2.00. The molecule has 4 heteroatoms. The number of nitrogens with zero attached hydrogens (tertiary/aromatic N) is 1. The second kappa shape index (κ2) is 12.8. The summed E-state index contributed by atoms with van der Waals surface area (Å²) < 4.78 is 5.05. The van der Waals surface area contributed by atoms with E-state index >= 15 is 0 Å². The molecule has 0 aromatic heterocycles. The number of nitrogens with one attached hydrogen (secondary N) is 2. The van der Waals surface area contributed by atoms with Gasteiger partial charge in [0, 0.05) is 33.9 Å². The molecular formula is C20H35N3O. The summed E-state index contributed by atoms with van der Waals surface area (Å²) in [5, 5.41) is 6.75. The Morgan fingerprint density at radius 2 is 1.67 bits per heavy atom. The molecule has 0 spiro atoms. The summed E-state index contributed by atoms with van der Waals surface area (Å²) in [6, 6.07) is 9.00. The van der Waals surface area contributed by atoms with Crippen LogP contribution in [0.15, 0.2) is 29.3 Å². The number of hydrogen-bond donors (Lipinski definition) is 2. The Hall–Kier alpha value is -1.55. The van der Waals surface area contributed by atoms with E-state index in [1.165, 1.54) is 17.5 Å². The van der Waals surface area contributed by atoms with Gasteiger partial charge in [-0.3, -0.25) is 4.99 Å². The first-order valence-electron chi connectivity index (χ1n) is 9.19. The number of ether oxygens (including phenoxy) is 1. The molecule has 0 bridgehead atoms. The molecule has 24 heavy (non-hydrogen) atoms. The second-order valence-electron chi connectivity index (χ2n) is 6.48. The standard InChI is InChI=1S/C20H35N3O/c1-17(2)19-12-10-18(11-13-19)9-8-15-23-20(21-3)22-14-6-5-7-16-24-4/h10-13,17H,5-9,14-16H2,1-4H3,(H2,21,22,23). The van der Waals surface area contributed by atoms with Crippen LogP contribution in [0.3, 0.4) is 0 Å². The molecule has 4 nitrogen and oxygen atoms in total. The van der Waals surface area contributed by atoms with Crippen LogP contribution in [0, 0.1) is 0 Å². The minimum absolute atomic E-state index is 0.601. The van der Waals surface area contributed by atoms with Crippen LogP contribution in [0.4, 0.5) is 0 Å². The SMILES string of the molecule is CN=C(NCCCCCOC)NCCCc1ccc(C(C)C)cc1. The lowest BCUT2D eigenvalue weighted by Crippen LogP contribution is -2.38. The first kappa shape index (κ1) is 20.5.